The van der Waals surface area contributed by atoms with E-state index in [4.69, 9.17) is 5.11 Å². The van der Waals surface area contributed by atoms with Gasteiger partial charge in [0.05, 0.1) is 7.11 Å². The number of halogens is 3. The fourth-order valence-corrected chi connectivity index (χ4v) is 1.82. The topological polar surface area (TPSA) is 88.5 Å². The van der Waals surface area contributed by atoms with Crippen LogP contribution in [0.4, 0.5) is 13.2 Å². The highest BCUT2D eigenvalue weighted by Crippen LogP contribution is 2.35. The van der Waals surface area contributed by atoms with Crippen LogP contribution in [0.25, 0.3) is 0 Å². The number of aromatic nitrogens is 1. The number of hydrogen-bond acceptors (Lipinski definition) is 6. The molecule has 0 saturated heterocycles. The summed E-state index contributed by atoms with van der Waals surface area (Å²) in [7, 11) is 1.08. The smallest absolute Gasteiger partial charge is 0.421 e. The summed E-state index contributed by atoms with van der Waals surface area (Å²) >= 11 is 0. The summed E-state index contributed by atoms with van der Waals surface area (Å²) in [6, 6.07) is -0.972. The van der Waals surface area contributed by atoms with Crippen molar-refractivity contribution in [1.29, 1.82) is 0 Å². The number of alkyl halides is 3. The molecule has 1 aliphatic rings. The van der Waals surface area contributed by atoms with Crippen LogP contribution in [0.1, 0.15) is 28.8 Å². The molecule has 1 aromatic rings. The van der Waals surface area contributed by atoms with Crippen molar-refractivity contribution in [3.63, 3.8) is 0 Å². The van der Waals surface area contributed by atoms with Crippen LogP contribution >= 0.6 is 0 Å². The van der Waals surface area contributed by atoms with Gasteiger partial charge in [-0.15, -0.1) is 0 Å². The minimum absolute atomic E-state index is 0.0415. The molecular weight excluding hydrogens is 305 g/mol. The fourth-order valence-electron chi connectivity index (χ4n) is 1.82. The maximum atomic E-state index is 12.7. The molecule has 2 N–H and O–H groups in total. The van der Waals surface area contributed by atoms with Gasteiger partial charge in [0.25, 0.3) is 0 Å². The summed E-state index contributed by atoms with van der Waals surface area (Å²) in [5.74, 6) is -3.01. The van der Waals surface area contributed by atoms with Gasteiger partial charge < -0.3 is 9.84 Å². The van der Waals surface area contributed by atoms with Crippen molar-refractivity contribution in [1.82, 2.24) is 10.3 Å². The number of nitrogens with one attached hydrogen (secondary N) is 1. The number of carbonyl (C=O) groups excluding carboxylic acids is 2. The summed E-state index contributed by atoms with van der Waals surface area (Å²) < 4.78 is 42.6. The molecule has 1 atom stereocenters. The number of rotatable bonds is 5. The van der Waals surface area contributed by atoms with E-state index in [1.165, 1.54) is 0 Å². The highest BCUT2D eigenvalue weighted by atomic mass is 19.4. The second kappa shape index (κ2) is 5.91. The lowest BCUT2D eigenvalue weighted by Gasteiger charge is -2.16. The van der Waals surface area contributed by atoms with Gasteiger partial charge in [-0.3, -0.25) is 10.1 Å². The Hall–Kier alpha value is -2.16. The highest BCUT2D eigenvalue weighted by Gasteiger charge is 2.38. The lowest BCUT2D eigenvalue weighted by atomic mass is 10.0. The Morgan fingerprint density at radius 3 is 2.59 bits per heavy atom. The Morgan fingerprint density at radius 1 is 1.45 bits per heavy atom. The molecular formula is C13H13F3N2O4. The Morgan fingerprint density at radius 2 is 2.09 bits per heavy atom. The first kappa shape index (κ1) is 16.2. The monoisotopic (exact) mass is 318 g/mol. The van der Waals surface area contributed by atoms with Crippen LogP contribution in [-0.2, 0) is 15.7 Å². The number of esters is 1. The molecule has 0 spiro atoms. The number of pyridine rings is 1. The molecule has 22 heavy (non-hydrogen) atoms. The van der Waals surface area contributed by atoms with Gasteiger partial charge in [-0.05, 0) is 18.9 Å². The third-order valence-corrected chi connectivity index (χ3v) is 3.14. The Bertz CT molecular complexity index is 599. The van der Waals surface area contributed by atoms with E-state index < -0.39 is 41.0 Å². The highest BCUT2D eigenvalue weighted by molar-refractivity contribution is 6.12. The van der Waals surface area contributed by atoms with Crippen LogP contribution < -0.4 is 5.32 Å². The third-order valence-electron chi connectivity index (χ3n) is 3.14. The summed E-state index contributed by atoms with van der Waals surface area (Å²) in [5, 5.41) is 11.9. The number of carbonyl (C=O) groups is 2. The van der Waals surface area contributed by atoms with Crippen LogP contribution in [0, 0.1) is 0 Å². The predicted octanol–water partition coefficient (Wildman–Crippen LogP) is 1.28. The van der Waals surface area contributed by atoms with E-state index in [-0.39, 0.29) is 6.04 Å². The molecule has 120 valence electrons. The van der Waals surface area contributed by atoms with Gasteiger partial charge in [-0.1, -0.05) is 0 Å². The molecule has 1 fully saturated rings. The third kappa shape index (κ3) is 3.53. The number of methoxy groups -OCH3 is 1. The molecule has 2 rings (SSSR count). The first-order valence-electron chi connectivity index (χ1n) is 6.38. The van der Waals surface area contributed by atoms with Crippen molar-refractivity contribution in [3.05, 3.63) is 23.4 Å². The van der Waals surface area contributed by atoms with Crippen molar-refractivity contribution >= 4 is 11.8 Å². The number of ketones is 1. The lowest BCUT2D eigenvalue weighted by molar-refractivity contribution is -0.141. The Labute approximate surface area is 123 Å². The molecule has 1 saturated carbocycles. The minimum atomic E-state index is -4.86. The molecule has 1 unspecified atom stereocenters. The fraction of sp³-hybridized carbons (Fsp3) is 0.462. The molecule has 0 radical (unpaired) electrons. The van der Waals surface area contributed by atoms with Crippen LogP contribution in [0.2, 0.25) is 0 Å². The van der Waals surface area contributed by atoms with Crippen LogP contribution in [0.5, 0.6) is 5.88 Å². The van der Waals surface area contributed by atoms with Crippen molar-refractivity contribution < 1.29 is 32.6 Å². The van der Waals surface area contributed by atoms with Crippen LogP contribution in [-0.4, -0.2) is 41.0 Å². The van der Waals surface area contributed by atoms with Crippen molar-refractivity contribution in [2.75, 3.05) is 7.11 Å². The number of Topliss-reactive ketones (excluding diaryl/α,β-unsaturated/α-hetero) is 1. The normalized spacial score (nSPS) is 16.2. The van der Waals surface area contributed by atoms with Gasteiger partial charge >= 0.3 is 12.1 Å². The number of ether oxygens (including phenoxy) is 1. The predicted molar refractivity (Wildman–Crippen MR) is 67.2 cm³/mol. The second-order valence-electron chi connectivity index (χ2n) is 4.85. The minimum Gasteiger partial charge on any atom is -0.493 e. The van der Waals surface area contributed by atoms with Gasteiger partial charge in [-0.2, -0.15) is 13.2 Å². The maximum absolute atomic E-state index is 12.7. The molecule has 6 nitrogen and oxygen atoms in total. The lowest BCUT2D eigenvalue weighted by Crippen LogP contribution is -2.45. The maximum Gasteiger partial charge on any atom is 0.421 e. The van der Waals surface area contributed by atoms with Gasteiger partial charge in [0.1, 0.15) is 5.56 Å². The van der Waals surface area contributed by atoms with Gasteiger partial charge in [0.15, 0.2) is 11.8 Å². The average Bonchev–Trinajstić information content (AvgIpc) is 3.26. The zero-order valence-electron chi connectivity index (χ0n) is 11.5. The van der Waals surface area contributed by atoms with Crippen LogP contribution in [0.15, 0.2) is 12.3 Å². The largest absolute Gasteiger partial charge is 0.493 e. The zero-order chi connectivity index (χ0) is 16.5. The quantitative estimate of drug-likeness (QED) is 0.483. The molecule has 1 heterocycles. The molecule has 9 heteroatoms. The second-order valence-corrected chi connectivity index (χ2v) is 4.85. The molecule has 0 amide bonds. The summed E-state index contributed by atoms with van der Waals surface area (Å²) in [4.78, 5) is 27.1. The number of hydrogen-bond donors (Lipinski definition) is 2. The molecule has 1 aromatic heterocycles. The van der Waals surface area contributed by atoms with E-state index in [1.54, 1.807) is 0 Å². The van der Waals surface area contributed by atoms with E-state index in [1.807, 2.05) is 0 Å². The molecule has 0 aliphatic heterocycles. The average molecular weight is 318 g/mol. The summed E-state index contributed by atoms with van der Waals surface area (Å²) in [5.41, 5.74) is -1.87. The van der Waals surface area contributed by atoms with Crippen molar-refractivity contribution in [2.24, 2.45) is 0 Å². The van der Waals surface area contributed by atoms with Gasteiger partial charge in [-0.25, -0.2) is 9.78 Å². The number of aromatic hydroxyl groups is 1. The summed E-state index contributed by atoms with van der Waals surface area (Å²) in [6.07, 6.45) is -2.54. The first-order chi connectivity index (χ1) is 10.2. The van der Waals surface area contributed by atoms with E-state index in [9.17, 15) is 22.8 Å². The van der Waals surface area contributed by atoms with Crippen LogP contribution in [0.3, 0.4) is 0 Å². The van der Waals surface area contributed by atoms with Gasteiger partial charge in [0, 0.05) is 17.8 Å². The van der Waals surface area contributed by atoms with E-state index in [2.05, 4.69) is 15.0 Å². The zero-order valence-corrected chi connectivity index (χ0v) is 11.5. The molecule has 0 bridgehead atoms. The van der Waals surface area contributed by atoms with Crippen molar-refractivity contribution in [2.45, 2.75) is 31.1 Å². The Kier molecular flexibility index (Phi) is 4.36. The van der Waals surface area contributed by atoms with E-state index >= 15 is 0 Å². The molecule has 0 aromatic carbocycles. The molecule has 1 aliphatic carbocycles. The Balaban J connectivity index is 2.31. The number of nitrogens with zero attached hydrogens (tertiary/aromatic N) is 1. The van der Waals surface area contributed by atoms with E-state index in [0.29, 0.717) is 6.07 Å². The standard InChI is InChI=1S/C13H13F3N2O4/c1-22-12(21)9(18-7-2-3-7)10(19)6-4-8(13(14,15)16)11(20)17-5-6/h4-5,7,9,18H,2-3H2,1H3,(H,17,20). The first-order valence-corrected chi connectivity index (χ1v) is 6.38. The van der Waals surface area contributed by atoms with E-state index in [0.717, 1.165) is 26.1 Å². The van der Waals surface area contributed by atoms with Gasteiger partial charge in [0.2, 0.25) is 5.88 Å². The SMILES string of the molecule is COC(=O)C(NC1CC1)C(=O)c1cnc(O)c(C(F)(F)F)c1. The van der Waals surface area contributed by atoms with Crippen molar-refractivity contribution in [3.8, 4) is 5.88 Å². The summed E-state index contributed by atoms with van der Waals surface area (Å²) in [6.45, 7) is 0.